The number of fused-ring (bicyclic) bond motifs is 1. The number of hydrogen-bond acceptors (Lipinski definition) is 7. The van der Waals surface area contributed by atoms with E-state index in [1.54, 1.807) is 55.1 Å². The number of thiazole rings is 1. The van der Waals surface area contributed by atoms with Crippen molar-refractivity contribution in [2.75, 3.05) is 19.0 Å². The van der Waals surface area contributed by atoms with Crippen molar-refractivity contribution >= 4 is 28.3 Å². The molecule has 1 aliphatic heterocycles. The zero-order valence-corrected chi connectivity index (χ0v) is 22.8. The molecule has 0 saturated heterocycles. The fourth-order valence-corrected chi connectivity index (χ4v) is 5.50. The lowest BCUT2D eigenvalue weighted by Gasteiger charge is -2.37. The number of carboxylic acid groups (broad SMARTS) is 1. The molecule has 1 unspecified atom stereocenters. The van der Waals surface area contributed by atoms with Gasteiger partial charge in [0.1, 0.15) is 11.6 Å². The largest absolute Gasteiger partial charge is 0.493 e. The molecular formula is C30H28FN3O5S. The van der Waals surface area contributed by atoms with Crippen LogP contribution >= 0.6 is 11.3 Å². The highest BCUT2D eigenvalue weighted by molar-refractivity contribution is 7.13. The molecule has 0 aliphatic carbocycles. The van der Waals surface area contributed by atoms with E-state index in [4.69, 9.17) is 14.6 Å². The van der Waals surface area contributed by atoms with Crippen molar-refractivity contribution in [1.29, 1.82) is 0 Å². The van der Waals surface area contributed by atoms with Gasteiger partial charge in [-0.2, -0.15) is 0 Å². The van der Waals surface area contributed by atoms with Gasteiger partial charge >= 0.3 is 5.97 Å². The first-order valence-electron chi connectivity index (χ1n) is 12.7. The van der Waals surface area contributed by atoms with Crippen LogP contribution < -0.4 is 20.1 Å². The summed E-state index contributed by atoms with van der Waals surface area (Å²) in [6.07, 6.45) is 2.48. The van der Waals surface area contributed by atoms with E-state index in [9.17, 15) is 9.59 Å². The first kappa shape index (κ1) is 27.3. The number of halogens is 1. The number of nitrogens with zero attached hydrogens (tertiary/aromatic N) is 1. The number of benzene rings is 3. The molecule has 1 aliphatic rings. The standard InChI is InChI=1S/C30H28FN3O5S/c1-30(17-27(35)34-29-32-11-12-40-29)23-16-26(25(38-2)14-20(23)9-10-33-30)39-21-7-8-22(24(31)15-21)19-5-3-18(4-6-19)13-28(36)37/h3-8,11-12,14-16,33H,9-10,13,17H2,1-2H3,(H,36,37)(H,32,34,35). The van der Waals surface area contributed by atoms with Crippen LogP contribution in [0.15, 0.2) is 66.2 Å². The Morgan fingerprint density at radius 3 is 2.62 bits per heavy atom. The van der Waals surface area contributed by atoms with Crippen molar-refractivity contribution in [3.05, 3.63) is 88.7 Å². The Kier molecular flexibility index (Phi) is 7.81. The van der Waals surface area contributed by atoms with Crippen molar-refractivity contribution in [3.63, 3.8) is 0 Å². The van der Waals surface area contributed by atoms with Gasteiger partial charge in [0.25, 0.3) is 0 Å². The number of methoxy groups -OCH3 is 1. The van der Waals surface area contributed by atoms with Crippen LogP contribution in [-0.2, 0) is 28.0 Å². The van der Waals surface area contributed by atoms with Crippen molar-refractivity contribution in [2.45, 2.75) is 31.7 Å². The SMILES string of the molecule is COc1cc2c(cc1Oc1ccc(-c3ccc(CC(=O)O)cc3)c(F)c1)C(C)(CC(=O)Nc1nccs1)NCC2. The lowest BCUT2D eigenvalue weighted by atomic mass is 9.81. The molecule has 0 fully saturated rings. The number of aromatic nitrogens is 1. The molecule has 5 rings (SSSR count). The van der Waals surface area contributed by atoms with Crippen molar-refractivity contribution < 1.29 is 28.6 Å². The summed E-state index contributed by atoms with van der Waals surface area (Å²) in [6, 6.07) is 15.1. The Labute approximate surface area is 234 Å². The fourth-order valence-electron chi connectivity index (χ4n) is 4.95. The molecule has 0 bridgehead atoms. The molecule has 1 amide bonds. The zero-order valence-electron chi connectivity index (χ0n) is 22.0. The topological polar surface area (TPSA) is 110 Å². The van der Waals surface area contributed by atoms with Gasteiger partial charge in [-0.25, -0.2) is 9.37 Å². The Hall–Kier alpha value is -4.28. The van der Waals surface area contributed by atoms with Gasteiger partial charge in [-0.1, -0.05) is 24.3 Å². The predicted molar refractivity (Wildman–Crippen MR) is 151 cm³/mol. The third-order valence-electron chi connectivity index (χ3n) is 6.87. The van der Waals surface area contributed by atoms with Crippen LogP contribution in [0.1, 0.15) is 30.0 Å². The normalized spacial score (nSPS) is 16.2. The molecule has 1 aromatic heterocycles. The second-order valence-electron chi connectivity index (χ2n) is 9.74. The number of carbonyl (C=O) groups is 2. The Bertz CT molecular complexity index is 1540. The van der Waals surface area contributed by atoms with E-state index in [0.29, 0.717) is 39.9 Å². The second-order valence-corrected chi connectivity index (χ2v) is 10.6. The number of aliphatic carboxylic acids is 1. The summed E-state index contributed by atoms with van der Waals surface area (Å²) in [6.45, 7) is 2.67. The van der Waals surface area contributed by atoms with Crippen LogP contribution in [0.4, 0.5) is 9.52 Å². The van der Waals surface area contributed by atoms with Gasteiger partial charge < -0.3 is 25.2 Å². The van der Waals surface area contributed by atoms with Gasteiger partial charge in [0, 0.05) is 41.7 Å². The molecular weight excluding hydrogens is 533 g/mol. The highest BCUT2D eigenvalue weighted by Crippen LogP contribution is 2.41. The quantitative estimate of drug-likeness (QED) is 0.238. The van der Waals surface area contributed by atoms with Crippen molar-refractivity contribution in [1.82, 2.24) is 10.3 Å². The fraction of sp³-hybridized carbons (Fsp3) is 0.233. The number of nitrogens with one attached hydrogen (secondary N) is 2. The maximum absolute atomic E-state index is 15.2. The van der Waals surface area contributed by atoms with Gasteiger partial charge in [-0.3, -0.25) is 9.59 Å². The van der Waals surface area contributed by atoms with Crippen LogP contribution in [0.5, 0.6) is 17.2 Å². The summed E-state index contributed by atoms with van der Waals surface area (Å²) in [5, 5.41) is 17.6. The molecule has 3 aromatic carbocycles. The van der Waals surface area contributed by atoms with Crippen LogP contribution in [-0.4, -0.2) is 35.6 Å². The van der Waals surface area contributed by atoms with Gasteiger partial charge in [-0.15, -0.1) is 11.3 Å². The third kappa shape index (κ3) is 5.98. The highest BCUT2D eigenvalue weighted by atomic mass is 32.1. The number of carboxylic acids is 1. The second kappa shape index (κ2) is 11.4. The number of carbonyl (C=O) groups excluding carboxylic acids is 1. The molecule has 0 saturated carbocycles. The first-order valence-corrected chi connectivity index (χ1v) is 13.6. The van der Waals surface area contributed by atoms with E-state index < -0.39 is 17.3 Å². The predicted octanol–water partition coefficient (Wildman–Crippen LogP) is 5.77. The van der Waals surface area contributed by atoms with Crippen LogP contribution in [0, 0.1) is 5.82 Å². The van der Waals surface area contributed by atoms with Crippen LogP contribution in [0.3, 0.4) is 0 Å². The number of amides is 1. The van der Waals surface area contributed by atoms with E-state index in [0.717, 1.165) is 17.5 Å². The number of ether oxygens (including phenoxy) is 2. The molecule has 40 heavy (non-hydrogen) atoms. The third-order valence-corrected chi connectivity index (χ3v) is 7.56. The smallest absolute Gasteiger partial charge is 0.307 e. The molecule has 10 heteroatoms. The Morgan fingerprint density at radius 1 is 1.15 bits per heavy atom. The summed E-state index contributed by atoms with van der Waals surface area (Å²) in [7, 11) is 1.55. The molecule has 3 N–H and O–H groups in total. The summed E-state index contributed by atoms with van der Waals surface area (Å²) in [5.74, 6) is -0.368. The number of anilines is 1. The van der Waals surface area contributed by atoms with E-state index >= 15 is 4.39 Å². The average molecular weight is 562 g/mol. The maximum Gasteiger partial charge on any atom is 0.307 e. The monoisotopic (exact) mass is 561 g/mol. The minimum Gasteiger partial charge on any atom is -0.493 e. The van der Waals surface area contributed by atoms with Crippen molar-refractivity contribution in [2.24, 2.45) is 0 Å². The van der Waals surface area contributed by atoms with Crippen LogP contribution in [0.2, 0.25) is 0 Å². The number of hydrogen-bond donors (Lipinski definition) is 3. The maximum atomic E-state index is 15.2. The molecule has 2 heterocycles. The van der Waals surface area contributed by atoms with Gasteiger partial charge in [0.05, 0.1) is 13.5 Å². The van der Waals surface area contributed by atoms with Crippen LogP contribution in [0.25, 0.3) is 11.1 Å². The van der Waals surface area contributed by atoms with E-state index in [2.05, 4.69) is 15.6 Å². The summed E-state index contributed by atoms with van der Waals surface area (Å²) >= 11 is 1.36. The molecule has 8 nitrogen and oxygen atoms in total. The summed E-state index contributed by atoms with van der Waals surface area (Å²) in [4.78, 5) is 27.9. The molecule has 4 aromatic rings. The first-order chi connectivity index (χ1) is 19.2. The Morgan fingerprint density at radius 2 is 1.95 bits per heavy atom. The van der Waals surface area contributed by atoms with Gasteiger partial charge in [0.15, 0.2) is 16.6 Å². The summed E-state index contributed by atoms with van der Waals surface area (Å²) < 4.78 is 26.9. The minimum atomic E-state index is -0.923. The lowest BCUT2D eigenvalue weighted by molar-refractivity contribution is -0.136. The zero-order chi connectivity index (χ0) is 28.3. The van der Waals surface area contributed by atoms with Gasteiger partial charge in [0.2, 0.25) is 5.91 Å². The van der Waals surface area contributed by atoms with E-state index in [1.165, 1.54) is 17.4 Å². The lowest BCUT2D eigenvalue weighted by Crippen LogP contribution is -2.47. The van der Waals surface area contributed by atoms with Crippen molar-refractivity contribution in [3.8, 4) is 28.4 Å². The van der Waals surface area contributed by atoms with E-state index in [-0.39, 0.29) is 24.5 Å². The van der Waals surface area contributed by atoms with E-state index in [1.807, 2.05) is 19.1 Å². The highest BCUT2D eigenvalue weighted by Gasteiger charge is 2.35. The molecule has 1 atom stereocenters. The number of rotatable bonds is 9. The minimum absolute atomic E-state index is 0.0940. The molecule has 0 spiro atoms. The Balaban J connectivity index is 1.39. The van der Waals surface area contributed by atoms with Gasteiger partial charge in [-0.05, 0) is 59.9 Å². The molecule has 206 valence electrons. The average Bonchev–Trinajstić information content (AvgIpc) is 3.42. The molecule has 0 radical (unpaired) electrons. The summed E-state index contributed by atoms with van der Waals surface area (Å²) in [5.41, 5.74) is 2.92.